The van der Waals surface area contributed by atoms with Crippen LogP contribution in [0.5, 0.6) is 0 Å². The van der Waals surface area contributed by atoms with Crippen LogP contribution >= 0.6 is 0 Å². The molecule has 1 aromatic heterocycles. The molecule has 3 rings (SSSR count). The highest BCUT2D eigenvalue weighted by molar-refractivity contribution is 7.89. The van der Waals surface area contributed by atoms with Crippen LogP contribution in [0.1, 0.15) is 12.0 Å². The van der Waals surface area contributed by atoms with Crippen molar-refractivity contribution < 1.29 is 17.2 Å². The molecule has 2 aromatic carbocycles. The molecule has 142 valence electrons. The van der Waals surface area contributed by atoms with Gasteiger partial charge in [-0.25, -0.2) is 17.2 Å². The van der Waals surface area contributed by atoms with Gasteiger partial charge in [-0.2, -0.15) is 4.31 Å². The molecule has 0 N–H and O–H groups in total. The standard InChI is InChI=1S/C20H20F2N2O2S/c1-24(18(20(21)22)11-10-15-6-3-2-4-7-15)27(25,26)19-9-5-8-16-14-23-13-12-17(16)19/h2-9,12-14,18,20H,10-11H2,1H3. The smallest absolute Gasteiger partial charge is 0.255 e. The van der Waals surface area contributed by atoms with Gasteiger partial charge < -0.3 is 0 Å². The maximum Gasteiger partial charge on any atom is 0.255 e. The fourth-order valence-corrected chi connectivity index (χ4v) is 4.66. The highest BCUT2D eigenvalue weighted by Gasteiger charge is 2.34. The Hall–Kier alpha value is -2.38. The lowest BCUT2D eigenvalue weighted by molar-refractivity contribution is 0.0659. The maximum atomic E-state index is 13.7. The van der Waals surface area contributed by atoms with Crippen molar-refractivity contribution in [3.05, 3.63) is 72.6 Å². The first-order chi connectivity index (χ1) is 12.9. The second-order valence-corrected chi connectivity index (χ2v) is 8.27. The van der Waals surface area contributed by atoms with E-state index in [2.05, 4.69) is 4.98 Å². The molecular formula is C20H20F2N2O2S. The van der Waals surface area contributed by atoms with Crippen molar-refractivity contribution in [3.8, 4) is 0 Å². The zero-order valence-corrected chi connectivity index (χ0v) is 15.6. The summed E-state index contributed by atoms with van der Waals surface area (Å²) in [5.74, 6) is 0. The van der Waals surface area contributed by atoms with Gasteiger partial charge in [0.05, 0.1) is 10.9 Å². The van der Waals surface area contributed by atoms with Gasteiger partial charge in [0.1, 0.15) is 0 Å². The highest BCUT2D eigenvalue weighted by Crippen LogP contribution is 2.28. The van der Waals surface area contributed by atoms with E-state index in [9.17, 15) is 17.2 Å². The first-order valence-corrected chi connectivity index (χ1v) is 9.98. The van der Waals surface area contributed by atoms with Crippen LogP contribution in [-0.4, -0.2) is 37.2 Å². The summed E-state index contributed by atoms with van der Waals surface area (Å²) in [6.07, 6.45) is 0.652. The third kappa shape index (κ3) is 4.14. The Morgan fingerprint density at radius 2 is 1.78 bits per heavy atom. The van der Waals surface area contributed by atoms with Gasteiger partial charge in [0.25, 0.3) is 6.43 Å². The summed E-state index contributed by atoms with van der Waals surface area (Å²) >= 11 is 0. The number of alkyl halides is 2. The minimum absolute atomic E-state index is 0.00950. The lowest BCUT2D eigenvalue weighted by Gasteiger charge is -2.27. The van der Waals surface area contributed by atoms with Crippen molar-refractivity contribution in [2.24, 2.45) is 0 Å². The lowest BCUT2D eigenvalue weighted by atomic mass is 10.1. The number of benzene rings is 2. The first-order valence-electron chi connectivity index (χ1n) is 8.54. The number of fused-ring (bicyclic) bond motifs is 1. The van der Waals surface area contributed by atoms with Gasteiger partial charge in [0.15, 0.2) is 0 Å². The molecule has 27 heavy (non-hydrogen) atoms. The van der Waals surface area contributed by atoms with Gasteiger partial charge in [-0.05, 0) is 30.5 Å². The van der Waals surface area contributed by atoms with Crippen LogP contribution in [0.2, 0.25) is 0 Å². The molecule has 1 unspecified atom stereocenters. The molecule has 0 aliphatic heterocycles. The third-order valence-corrected chi connectivity index (χ3v) is 6.57. The SMILES string of the molecule is CN(C(CCc1ccccc1)C(F)F)S(=O)(=O)c1cccc2cnccc12. The van der Waals surface area contributed by atoms with E-state index < -0.39 is 22.5 Å². The van der Waals surface area contributed by atoms with Gasteiger partial charge >= 0.3 is 0 Å². The molecule has 0 bridgehead atoms. The number of sulfonamides is 1. The summed E-state index contributed by atoms with van der Waals surface area (Å²) in [5, 5.41) is 1.11. The summed E-state index contributed by atoms with van der Waals surface area (Å²) in [6, 6.07) is 14.1. The van der Waals surface area contributed by atoms with E-state index in [1.54, 1.807) is 24.4 Å². The van der Waals surface area contributed by atoms with Crippen LogP contribution in [0.3, 0.4) is 0 Å². The third-order valence-electron chi connectivity index (χ3n) is 4.63. The number of aromatic nitrogens is 1. The molecule has 0 fully saturated rings. The van der Waals surface area contributed by atoms with Crippen LogP contribution in [0.15, 0.2) is 71.9 Å². The predicted octanol–water partition coefficient (Wildman–Crippen LogP) is 4.12. The Labute approximate surface area is 157 Å². The van der Waals surface area contributed by atoms with Crippen molar-refractivity contribution in [2.75, 3.05) is 7.05 Å². The number of halogens is 2. The molecule has 4 nitrogen and oxygen atoms in total. The zero-order valence-electron chi connectivity index (χ0n) is 14.8. The Kier molecular flexibility index (Phi) is 5.82. The van der Waals surface area contributed by atoms with E-state index in [0.29, 0.717) is 17.2 Å². The Balaban J connectivity index is 1.91. The number of hydrogen-bond acceptors (Lipinski definition) is 3. The summed E-state index contributed by atoms with van der Waals surface area (Å²) in [7, 11) is -2.87. The highest BCUT2D eigenvalue weighted by atomic mass is 32.2. The van der Waals surface area contributed by atoms with E-state index in [1.807, 2.05) is 30.3 Å². The minimum atomic E-state index is -4.09. The molecule has 1 atom stereocenters. The van der Waals surface area contributed by atoms with E-state index in [1.165, 1.54) is 19.3 Å². The van der Waals surface area contributed by atoms with E-state index >= 15 is 0 Å². The first kappa shape index (κ1) is 19.4. The molecule has 0 saturated heterocycles. The Morgan fingerprint density at radius 3 is 2.48 bits per heavy atom. The van der Waals surface area contributed by atoms with Crippen LogP contribution in [0.4, 0.5) is 8.78 Å². The number of aryl methyl sites for hydroxylation is 1. The Morgan fingerprint density at radius 1 is 1.04 bits per heavy atom. The van der Waals surface area contributed by atoms with Gasteiger partial charge in [-0.1, -0.05) is 42.5 Å². The van der Waals surface area contributed by atoms with Gasteiger partial charge in [-0.3, -0.25) is 4.98 Å². The molecule has 0 radical (unpaired) electrons. The fraction of sp³-hybridized carbons (Fsp3) is 0.250. The second kappa shape index (κ2) is 8.10. The minimum Gasteiger partial charge on any atom is -0.264 e. The average Bonchev–Trinajstić information content (AvgIpc) is 2.68. The van der Waals surface area contributed by atoms with E-state index in [4.69, 9.17) is 0 Å². The number of rotatable bonds is 7. The average molecular weight is 390 g/mol. The Bertz CT molecular complexity index is 1010. The van der Waals surface area contributed by atoms with Crippen LogP contribution in [0, 0.1) is 0 Å². The van der Waals surface area contributed by atoms with Crippen molar-refractivity contribution >= 4 is 20.8 Å². The van der Waals surface area contributed by atoms with Crippen molar-refractivity contribution in [1.82, 2.24) is 9.29 Å². The van der Waals surface area contributed by atoms with E-state index in [-0.39, 0.29) is 11.3 Å². The molecular weight excluding hydrogens is 370 g/mol. The van der Waals surface area contributed by atoms with Crippen molar-refractivity contribution in [2.45, 2.75) is 30.2 Å². The molecule has 0 saturated carbocycles. The van der Waals surface area contributed by atoms with Crippen molar-refractivity contribution in [1.29, 1.82) is 0 Å². The normalized spacial score (nSPS) is 13.4. The monoisotopic (exact) mass is 390 g/mol. The molecule has 0 amide bonds. The van der Waals surface area contributed by atoms with Crippen LogP contribution in [0.25, 0.3) is 10.8 Å². The predicted molar refractivity (Wildman–Crippen MR) is 101 cm³/mol. The maximum absolute atomic E-state index is 13.7. The van der Waals surface area contributed by atoms with Gasteiger partial charge in [0, 0.05) is 30.2 Å². The molecule has 0 aliphatic rings. The quantitative estimate of drug-likeness (QED) is 0.610. The van der Waals surface area contributed by atoms with Gasteiger partial charge in [-0.15, -0.1) is 0 Å². The second-order valence-electron chi connectivity index (χ2n) is 6.30. The lowest BCUT2D eigenvalue weighted by Crippen LogP contribution is -2.42. The summed E-state index contributed by atoms with van der Waals surface area (Å²) in [4.78, 5) is 3.99. The topological polar surface area (TPSA) is 50.3 Å². The summed E-state index contributed by atoms with van der Waals surface area (Å²) < 4.78 is 54.3. The molecule has 7 heteroatoms. The largest absolute Gasteiger partial charge is 0.264 e. The number of pyridine rings is 1. The molecule has 3 aromatic rings. The van der Waals surface area contributed by atoms with Crippen LogP contribution < -0.4 is 0 Å². The molecule has 0 aliphatic carbocycles. The summed E-state index contributed by atoms with van der Waals surface area (Å²) in [6.45, 7) is 0. The number of nitrogens with zero attached hydrogens (tertiary/aromatic N) is 2. The fourth-order valence-electron chi connectivity index (χ4n) is 3.08. The van der Waals surface area contributed by atoms with Gasteiger partial charge in [0.2, 0.25) is 10.0 Å². The van der Waals surface area contributed by atoms with E-state index in [0.717, 1.165) is 9.87 Å². The van der Waals surface area contributed by atoms with Crippen LogP contribution in [-0.2, 0) is 16.4 Å². The number of hydrogen-bond donors (Lipinski definition) is 0. The molecule has 1 heterocycles. The van der Waals surface area contributed by atoms with Crippen molar-refractivity contribution in [3.63, 3.8) is 0 Å². The summed E-state index contributed by atoms with van der Waals surface area (Å²) in [5.41, 5.74) is 0.894. The zero-order chi connectivity index (χ0) is 19.4. The molecule has 0 spiro atoms.